The average molecular weight is 1730 g/mol. The molecule has 706 valence electrons. The third kappa shape index (κ3) is 60.3. The van der Waals surface area contributed by atoms with Crippen LogP contribution in [0.25, 0.3) is 0 Å². The Hall–Kier alpha value is -3.35. The van der Waals surface area contributed by atoms with Gasteiger partial charge in [-0.25, -0.2) is 4.57 Å². The molecule has 24 heteroatoms. The molecule has 0 unspecified atom stereocenters. The number of hydrogen-bond donors (Lipinski definition) is 8. The van der Waals surface area contributed by atoms with Crippen LogP contribution in [0.2, 0.25) is 0 Å². The van der Waals surface area contributed by atoms with E-state index in [-0.39, 0.29) is 32.1 Å². The maximum atomic E-state index is 15.0. The highest BCUT2D eigenvalue weighted by Gasteiger charge is 2.53. The van der Waals surface area contributed by atoms with Crippen LogP contribution >= 0.6 is 7.82 Å². The van der Waals surface area contributed by atoms with Gasteiger partial charge in [0.05, 0.1) is 32.5 Å². The first-order valence-electron chi connectivity index (χ1n) is 49.9. The minimum Gasteiger partial charge on any atom is -0.462 e. The Morgan fingerprint density at radius 3 is 0.900 bits per heavy atom. The largest absolute Gasteiger partial charge is 0.470 e. The van der Waals surface area contributed by atoms with Gasteiger partial charge in [-0.3, -0.25) is 33.3 Å². The molecule has 2 amide bonds. The number of aliphatic hydroxyl groups excluding tert-OH is 4. The maximum absolute atomic E-state index is 15.0. The number of phosphoric acid groups is 1. The van der Waals surface area contributed by atoms with E-state index < -0.39 is 149 Å². The maximum Gasteiger partial charge on any atom is 0.470 e. The SMILES string of the molecule is CCCCCCCCCCCCCCCC(=O)O[C@H](CCCCCCCCCCC)CC(=O)N[C@H]1[C@@H](O)[C@H](O)[C@H](CO[C@@H]2O[C@@H](CO)[C@@H](OP(=O)(O)O)[C@H](OC(=O)C[C@@H](CCCCCCCCCCC)OC(=O)CCCCCCCCCCCCC)[C@@H]2NC(=O)C[C@@H](CCCCCCCCCCC)OC(=O)CCCCCCCCCCC)O[C@H]1O. The standard InChI is InChI=1S/C96H181N2O21P/c1-7-13-19-25-31-37-39-40-42-48-54-59-65-70-85(102)113-78(67-61-55-49-43-33-27-21-15-9-3)73-83(100)97-89-92(107)91(106)82(116-95(89)108)77-112-96-90(98-84(101)74-79(68-62-56-50-44-34-28-22-16-10-4)114-86(103)71-64-58-52-46-36-30-24-18-12-6)94(93(81(76-99)117-96)119-120(109,110)111)118-88(105)75-80(69-63-57-51-45-35-29-23-17-11-5)115-87(104)72-66-60-53-47-41-38-32-26-20-14-8-2/h78-82,89-96,99,106-108H,7-77H2,1-6H3,(H,97,100)(H,98,101)(H2,109,110,111)/t78-,79-,80-,81+,82+,89+,90+,91-,92-,93-,94-,95-,96-/m1/s1. The molecule has 23 nitrogen and oxygen atoms in total. The molecule has 0 spiro atoms. The van der Waals surface area contributed by atoms with Gasteiger partial charge in [-0.1, -0.05) is 388 Å². The molecule has 0 aromatic rings. The fourth-order valence-corrected chi connectivity index (χ4v) is 17.3. The second-order valence-corrected chi connectivity index (χ2v) is 36.7. The molecule has 120 heavy (non-hydrogen) atoms. The van der Waals surface area contributed by atoms with Gasteiger partial charge in [-0.2, -0.15) is 0 Å². The topological polar surface area (TPSA) is 339 Å². The van der Waals surface area contributed by atoms with Crippen LogP contribution in [0.1, 0.15) is 485 Å². The van der Waals surface area contributed by atoms with E-state index in [2.05, 4.69) is 52.2 Å². The van der Waals surface area contributed by atoms with Crippen LogP contribution in [-0.4, -0.2) is 159 Å². The summed E-state index contributed by atoms with van der Waals surface area (Å²) < 4.78 is 61.4. The molecule has 0 radical (unpaired) electrons. The summed E-state index contributed by atoms with van der Waals surface area (Å²) in [5, 5.41) is 51.8. The van der Waals surface area contributed by atoms with Crippen molar-refractivity contribution >= 4 is 43.5 Å². The zero-order valence-corrected chi connectivity index (χ0v) is 77.9. The summed E-state index contributed by atoms with van der Waals surface area (Å²) in [4.78, 5) is 106. The van der Waals surface area contributed by atoms with E-state index in [0.29, 0.717) is 51.4 Å². The summed E-state index contributed by atoms with van der Waals surface area (Å²) in [5.41, 5.74) is 0. The zero-order valence-electron chi connectivity index (χ0n) is 77.0. The number of hydrogen-bond acceptors (Lipinski definition) is 19. The monoisotopic (exact) mass is 1730 g/mol. The first kappa shape index (κ1) is 113. The lowest BCUT2D eigenvalue weighted by Crippen LogP contribution is -2.67. The van der Waals surface area contributed by atoms with E-state index in [1.54, 1.807) is 0 Å². The van der Waals surface area contributed by atoms with Crippen molar-refractivity contribution in [3.8, 4) is 0 Å². The Bertz CT molecular complexity index is 2510. The van der Waals surface area contributed by atoms with E-state index in [0.717, 1.165) is 173 Å². The fraction of sp³-hybridized carbons (Fsp3) is 0.938. The molecule has 0 saturated carbocycles. The number of amides is 2. The number of phosphoric ester groups is 1. The minimum absolute atomic E-state index is 0.124. The molecule has 0 bridgehead atoms. The summed E-state index contributed by atoms with van der Waals surface area (Å²) in [7, 11) is -5.58. The molecule has 0 aliphatic carbocycles. The summed E-state index contributed by atoms with van der Waals surface area (Å²) >= 11 is 0. The van der Waals surface area contributed by atoms with Crippen molar-refractivity contribution in [3.63, 3.8) is 0 Å². The molecule has 2 aliphatic heterocycles. The second-order valence-electron chi connectivity index (χ2n) is 35.5. The number of ether oxygens (including phenoxy) is 7. The van der Waals surface area contributed by atoms with Crippen molar-refractivity contribution < 1.29 is 101 Å². The highest BCUT2D eigenvalue weighted by Crippen LogP contribution is 2.43. The molecule has 0 aromatic carbocycles. The van der Waals surface area contributed by atoms with Gasteiger partial charge in [0, 0.05) is 19.3 Å². The zero-order chi connectivity index (χ0) is 87.7. The summed E-state index contributed by atoms with van der Waals surface area (Å²) in [6.45, 7) is 11.4. The lowest BCUT2D eigenvalue weighted by molar-refractivity contribution is -0.297. The Balaban J connectivity index is 2.56. The average Bonchev–Trinajstić information content (AvgIpc) is 0.777. The number of esters is 4. The van der Waals surface area contributed by atoms with Gasteiger partial charge in [-0.05, 0) is 57.8 Å². The van der Waals surface area contributed by atoms with Crippen LogP contribution < -0.4 is 10.6 Å². The molecule has 2 fully saturated rings. The smallest absolute Gasteiger partial charge is 0.462 e. The quantitative estimate of drug-likeness (QED) is 0.0121. The fourth-order valence-electron chi connectivity index (χ4n) is 16.7. The molecule has 2 rings (SSSR count). The van der Waals surface area contributed by atoms with Crippen LogP contribution in [0.3, 0.4) is 0 Å². The summed E-state index contributed by atoms with van der Waals surface area (Å²) in [6.07, 6.45) is 46.8. The number of nitrogens with one attached hydrogen (secondary N) is 2. The molecular formula is C96H181N2O21P. The third-order valence-electron chi connectivity index (χ3n) is 24.1. The molecule has 8 N–H and O–H groups in total. The lowest BCUT2D eigenvalue weighted by atomic mass is 9.95. The van der Waals surface area contributed by atoms with Crippen LogP contribution in [0.5, 0.6) is 0 Å². The molecule has 2 saturated heterocycles. The highest BCUT2D eigenvalue weighted by molar-refractivity contribution is 7.46. The summed E-state index contributed by atoms with van der Waals surface area (Å²) in [5.74, 6) is -3.84. The van der Waals surface area contributed by atoms with Gasteiger partial charge >= 0.3 is 31.7 Å². The van der Waals surface area contributed by atoms with E-state index in [9.17, 15) is 63.5 Å². The Morgan fingerprint density at radius 2 is 0.608 bits per heavy atom. The van der Waals surface area contributed by atoms with Gasteiger partial charge in [0.15, 0.2) is 18.7 Å². The number of unbranched alkanes of at least 4 members (excludes halogenated alkanes) is 54. The summed E-state index contributed by atoms with van der Waals surface area (Å²) in [6, 6.07) is -3.37. The molecule has 13 atom stereocenters. The van der Waals surface area contributed by atoms with Gasteiger partial charge in [-0.15, -0.1) is 0 Å². The number of carbonyl (C=O) groups is 6. The van der Waals surface area contributed by atoms with Gasteiger partial charge in [0.1, 0.15) is 60.9 Å². The Labute approximate surface area is 729 Å². The van der Waals surface area contributed by atoms with Crippen LogP contribution in [0, 0.1) is 0 Å². The predicted molar refractivity (Wildman–Crippen MR) is 478 cm³/mol. The van der Waals surface area contributed by atoms with Crippen molar-refractivity contribution in [2.75, 3.05) is 13.2 Å². The highest BCUT2D eigenvalue weighted by atomic mass is 31.2. The first-order valence-corrected chi connectivity index (χ1v) is 51.4. The molecule has 2 aliphatic rings. The molecule has 2 heterocycles. The van der Waals surface area contributed by atoms with Crippen molar-refractivity contribution in [2.24, 2.45) is 0 Å². The second kappa shape index (κ2) is 76.8. The van der Waals surface area contributed by atoms with Crippen LogP contribution in [0.4, 0.5) is 0 Å². The van der Waals surface area contributed by atoms with E-state index >= 15 is 0 Å². The van der Waals surface area contributed by atoms with Gasteiger partial charge < -0.3 is 74.0 Å². The van der Waals surface area contributed by atoms with Crippen molar-refractivity contribution in [1.82, 2.24) is 10.6 Å². The Kier molecular flexibility index (Phi) is 72.2. The van der Waals surface area contributed by atoms with Gasteiger partial charge in [0.2, 0.25) is 11.8 Å². The minimum atomic E-state index is -5.58. The number of carbonyl (C=O) groups excluding carboxylic acids is 6. The van der Waals surface area contributed by atoms with E-state index in [1.165, 1.54) is 173 Å². The van der Waals surface area contributed by atoms with Crippen molar-refractivity contribution in [3.05, 3.63) is 0 Å². The third-order valence-corrected chi connectivity index (χ3v) is 24.6. The van der Waals surface area contributed by atoms with Crippen molar-refractivity contribution in [1.29, 1.82) is 0 Å². The molecule has 0 aromatic heterocycles. The number of rotatable bonds is 84. The first-order chi connectivity index (χ1) is 58.2. The number of aliphatic hydroxyl groups is 4. The Morgan fingerprint density at radius 1 is 0.333 bits per heavy atom. The predicted octanol–water partition coefficient (Wildman–Crippen LogP) is 22.3. The molecular weight excluding hydrogens is 1550 g/mol. The van der Waals surface area contributed by atoms with Crippen LogP contribution in [0.15, 0.2) is 0 Å². The van der Waals surface area contributed by atoms with E-state index in [1.807, 2.05) is 0 Å². The van der Waals surface area contributed by atoms with E-state index in [4.69, 9.17) is 37.7 Å². The van der Waals surface area contributed by atoms with Crippen molar-refractivity contribution in [2.45, 2.75) is 564 Å². The van der Waals surface area contributed by atoms with Gasteiger partial charge in [0.25, 0.3) is 0 Å². The normalized spacial score (nSPS) is 20.2. The lowest BCUT2D eigenvalue weighted by Gasteiger charge is -2.46. The van der Waals surface area contributed by atoms with Crippen LogP contribution in [-0.2, 0) is 71.0 Å².